The van der Waals surface area contributed by atoms with Crippen LogP contribution in [-0.4, -0.2) is 134 Å². The number of unbranched alkanes of at least 4 members (excludes halogenated alkanes) is 9. The topological polar surface area (TPSA) is 111 Å². The first-order chi connectivity index (χ1) is 28.0. The van der Waals surface area contributed by atoms with E-state index in [0.29, 0.717) is 19.8 Å². The summed E-state index contributed by atoms with van der Waals surface area (Å²) in [4.78, 5) is 0. The Hall–Kier alpha value is 0.388. The minimum Gasteiger partial charge on any atom is -0.416 e. The maximum Gasteiger partial charge on any atom is 0.481 e. The molecule has 0 aliphatic rings. The molecule has 3 atom stereocenters. The first-order valence-electron chi connectivity index (χ1n) is 23.4. The standard InChI is InChI=1S/C42H94O12Si4/c1-10-13-28-43-34-25-37-46-31-19-16-22-40-49-55(4)52-57(8,50-41-23-17-20-32-47-38-26-35-44-29-14-11-2)54-58(9,53-56(5,6)7)51-42-24-18-21-33-48-39-27-36-45-30-15-12-3/h55H,10-42H2,1-9H3. The van der Waals surface area contributed by atoms with Crippen LogP contribution in [0.25, 0.3) is 0 Å². The molecule has 0 radical (unpaired) electrons. The molecule has 0 saturated heterocycles. The lowest BCUT2D eigenvalue weighted by Crippen LogP contribution is -2.60. The highest BCUT2D eigenvalue weighted by Crippen LogP contribution is 2.25. The molecular weight excluding hydrogens is 809 g/mol. The van der Waals surface area contributed by atoms with Gasteiger partial charge in [0.1, 0.15) is 0 Å². The van der Waals surface area contributed by atoms with Crippen LogP contribution in [0.5, 0.6) is 0 Å². The highest BCUT2D eigenvalue weighted by Gasteiger charge is 2.50. The van der Waals surface area contributed by atoms with Crippen LogP contribution in [-0.2, 0) is 54.0 Å². The van der Waals surface area contributed by atoms with E-state index in [4.69, 9.17) is 54.0 Å². The Labute approximate surface area is 362 Å². The lowest BCUT2D eigenvalue weighted by atomic mass is 10.2. The molecule has 0 saturated carbocycles. The van der Waals surface area contributed by atoms with Gasteiger partial charge in [-0.05, 0) is 123 Å². The fraction of sp³-hybridized carbons (Fsp3) is 1.00. The Morgan fingerprint density at radius 3 is 1.00 bits per heavy atom. The van der Waals surface area contributed by atoms with Gasteiger partial charge in [0.2, 0.25) is 0 Å². The van der Waals surface area contributed by atoms with E-state index < -0.39 is 35.2 Å². The van der Waals surface area contributed by atoms with E-state index in [1.165, 1.54) is 12.8 Å². The van der Waals surface area contributed by atoms with Crippen molar-refractivity contribution in [3.05, 3.63) is 0 Å². The van der Waals surface area contributed by atoms with Gasteiger partial charge in [0, 0.05) is 112 Å². The van der Waals surface area contributed by atoms with Crippen molar-refractivity contribution in [1.29, 1.82) is 0 Å². The van der Waals surface area contributed by atoms with Crippen LogP contribution in [0.1, 0.15) is 136 Å². The van der Waals surface area contributed by atoms with E-state index in [0.717, 1.165) is 182 Å². The first-order valence-corrected chi connectivity index (χ1v) is 33.4. The molecule has 0 amide bonds. The Morgan fingerprint density at radius 2 is 0.638 bits per heavy atom. The van der Waals surface area contributed by atoms with Crippen molar-refractivity contribution in [3.63, 3.8) is 0 Å². The summed E-state index contributed by atoms with van der Waals surface area (Å²) in [6, 6.07) is 0. The average Bonchev–Trinajstić information content (AvgIpc) is 3.16. The third-order valence-electron chi connectivity index (χ3n) is 8.78. The van der Waals surface area contributed by atoms with Crippen molar-refractivity contribution in [1.82, 2.24) is 0 Å². The van der Waals surface area contributed by atoms with Crippen molar-refractivity contribution >= 4 is 35.2 Å². The van der Waals surface area contributed by atoms with Crippen LogP contribution in [0, 0.1) is 0 Å². The molecular formula is C42H94O12Si4. The summed E-state index contributed by atoms with van der Waals surface area (Å²) in [5.41, 5.74) is 0. The second-order valence-electron chi connectivity index (χ2n) is 16.3. The lowest BCUT2D eigenvalue weighted by Gasteiger charge is -2.39. The van der Waals surface area contributed by atoms with E-state index >= 15 is 0 Å². The predicted octanol–water partition coefficient (Wildman–Crippen LogP) is 10.1. The molecule has 12 nitrogen and oxygen atoms in total. The van der Waals surface area contributed by atoms with E-state index in [-0.39, 0.29) is 0 Å². The molecule has 0 N–H and O–H groups in total. The zero-order valence-corrected chi connectivity index (χ0v) is 43.5. The number of hydrogen-bond acceptors (Lipinski definition) is 12. The summed E-state index contributed by atoms with van der Waals surface area (Å²) >= 11 is 0. The van der Waals surface area contributed by atoms with Gasteiger partial charge in [-0.2, -0.15) is 0 Å². The van der Waals surface area contributed by atoms with Crippen molar-refractivity contribution in [2.75, 3.05) is 99.1 Å². The average molecular weight is 904 g/mol. The smallest absolute Gasteiger partial charge is 0.416 e. The van der Waals surface area contributed by atoms with Gasteiger partial charge in [-0.3, -0.25) is 0 Å². The van der Waals surface area contributed by atoms with Gasteiger partial charge in [0.05, 0.1) is 0 Å². The molecule has 0 fully saturated rings. The molecule has 0 aromatic carbocycles. The molecule has 58 heavy (non-hydrogen) atoms. The minimum atomic E-state index is -3.19. The monoisotopic (exact) mass is 903 g/mol. The Balaban J connectivity index is 4.92. The maximum absolute atomic E-state index is 6.89. The zero-order valence-electron chi connectivity index (χ0n) is 39.3. The van der Waals surface area contributed by atoms with Gasteiger partial charge in [-0.15, -0.1) is 0 Å². The van der Waals surface area contributed by atoms with Gasteiger partial charge in [0.15, 0.2) is 8.32 Å². The van der Waals surface area contributed by atoms with E-state index in [2.05, 4.69) is 47.0 Å². The number of ether oxygens (including phenoxy) is 6. The third-order valence-corrected chi connectivity index (χ3v) is 20.9. The third kappa shape index (κ3) is 41.7. The summed E-state index contributed by atoms with van der Waals surface area (Å²) < 4.78 is 74.0. The zero-order chi connectivity index (χ0) is 42.9. The van der Waals surface area contributed by atoms with Crippen molar-refractivity contribution in [3.8, 4) is 0 Å². The quantitative estimate of drug-likeness (QED) is 0.0428. The Morgan fingerprint density at radius 1 is 0.328 bits per heavy atom. The van der Waals surface area contributed by atoms with E-state index in [1.807, 2.05) is 13.1 Å². The second kappa shape index (κ2) is 41.4. The number of hydrogen-bond donors (Lipinski definition) is 0. The SMILES string of the molecule is CCCCOCCCOCCCCCO[SiH](C)O[Si](C)(OCCCCCOCCCOCCCC)O[Si](C)(OCCCCCOCCCOCCCC)O[Si](C)(C)C. The molecule has 0 bridgehead atoms. The largest absolute Gasteiger partial charge is 0.481 e. The first kappa shape index (κ1) is 58.4. The highest BCUT2D eigenvalue weighted by molar-refractivity contribution is 6.84. The molecule has 3 unspecified atom stereocenters. The second-order valence-corrected chi connectivity index (χ2v) is 28.6. The van der Waals surface area contributed by atoms with Crippen LogP contribution in [0.3, 0.4) is 0 Å². The van der Waals surface area contributed by atoms with Gasteiger partial charge < -0.3 is 54.0 Å². The van der Waals surface area contributed by atoms with Crippen LogP contribution in [0.4, 0.5) is 0 Å². The summed E-state index contributed by atoms with van der Waals surface area (Å²) in [6.07, 6.45) is 18.5. The van der Waals surface area contributed by atoms with Crippen LogP contribution < -0.4 is 0 Å². The molecule has 0 aromatic rings. The van der Waals surface area contributed by atoms with E-state index in [9.17, 15) is 0 Å². The summed E-state index contributed by atoms with van der Waals surface area (Å²) in [5.74, 6) is 0. The molecule has 0 aromatic heterocycles. The Bertz CT molecular complexity index is 851. The summed E-state index contributed by atoms with van der Waals surface area (Å²) in [5, 5.41) is 0. The molecule has 16 heteroatoms. The summed E-state index contributed by atoms with van der Waals surface area (Å²) in [7, 11) is -10.4. The highest BCUT2D eigenvalue weighted by atomic mass is 28.5. The fourth-order valence-electron chi connectivity index (χ4n) is 5.75. The molecule has 0 spiro atoms. The van der Waals surface area contributed by atoms with Crippen LogP contribution >= 0.6 is 0 Å². The fourth-order valence-corrected chi connectivity index (χ4v) is 19.3. The van der Waals surface area contributed by atoms with Crippen molar-refractivity contribution < 1.29 is 54.0 Å². The van der Waals surface area contributed by atoms with Crippen molar-refractivity contribution in [2.24, 2.45) is 0 Å². The molecule has 0 rings (SSSR count). The predicted molar refractivity (Wildman–Crippen MR) is 246 cm³/mol. The Kier molecular flexibility index (Phi) is 41.7. The maximum atomic E-state index is 6.89. The molecule has 350 valence electrons. The molecule has 0 heterocycles. The van der Waals surface area contributed by atoms with Crippen LogP contribution in [0.15, 0.2) is 0 Å². The summed E-state index contributed by atoms with van der Waals surface area (Å²) in [6.45, 7) is 30.3. The van der Waals surface area contributed by atoms with Gasteiger partial charge in [0.25, 0.3) is 0 Å². The normalized spacial score (nSPS) is 14.8. The minimum absolute atomic E-state index is 0.544. The van der Waals surface area contributed by atoms with Gasteiger partial charge in [-0.25, -0.2) is 0 Å². The van der Waals surface area contributed by atoms with Crippen molar-refractivity contribution in [2.45, 2.75) is 176 Å². The molecule has 0 aliphatic heterocycles. The van der Waals surface area contributed by atoms with Gasteiger partial charge in [-0.1, -0.05) is 40.0 Å². The lowest BCUT2D eigenvalue weighted by molar-refractivity contribution is 0.0773. The van der Waals surface area contributed by atoms with Gasteiger partial charge >= 0.3 is 26.9 Å². The van der Waals surface area contributed by atoms with Crippen LogP contribution in [0.2, 0.25) is 39.3 Å². The van der Waals surface area contributed by atoms with E-state index in [1.54, 1.807) is 0 Å². The number of rotatable bonds is 48. The molecule has 0 aliphatic carbocycles.